The molecular weight excluding hydrogens is 326 g/mol. The minimum absolute atomic E-state index is 0.261. The van der Waals surface area contributed by atoms with Crippen molar-refractivity contribution in [2.45, 2.75) is 13.8 Å². The predicted molar refractivity (Wildman–Crippen MR) is 100 cm³/mol. The summed E-state index contributed by atoms with van der Waals surface area (Å²) >= 11 is 0. The third-order valence-electron chi connectivity index (χ3n) is 3.64. The number of aryl methyl sites for hydroxylation is 2. The number of amides is 1. The molecule has 26 heavy (non-hydrogen) atoms. The molecule has 0 bridgehead atoms. The highest BCUT2D eigenvalue weighted by Gasteiger charge is 2.11. The fourth-order valence-corrected chi connectivity index (χ4v) is 2.39. The molecule has 0 radical (unpaired) electrons. The van der Waals surface area contributed by atoms with Crippen molar-refractivity contribution in [3.05, 3.63) is 77.2 Å². The van der Waals surface area contributed by atoms with Gasteiger partial charge in [0.1, 0.15) is 17.3 Å². The number of aromatic nitrogens is 2. The molecule has 6 nitrogen and oxygen atoms in total. The SMILES string of the molecule is Cc1ccc(NC(=O)c2cc(Nc3cccc(C#N)c3)nc(C)n2)cc1. The second-order valence-corrected chi connectivity index (χ2v) is 5.82. The zero-order chi connectivity index (χ0) is 18.5. The highest BCUT2D eigenvalue weighted by Crippen LogP contribution is 2.17. The van der Waals surface area contributed by atoms with Gasteiger partial charge in [-0.15, -0.1) is 0 Å². The Bertz CT molecular complexity index is 990. The van der Waals surface area contributed by atoms with Crippen LogP contribution in [0.2, 0.25) is 0 Å². The van der Waals surface area contributed by atoms with Gasteiger partial charge in [-0.25, -0.2) is 9.97 Å². The number of hydrogen-bond acceptors (Lipinski definition) is 5. The second-order valence-electron chi connectivity index (χ2n) is 5.82. The number of anilines is 3. The maximum Gasteiger partial charge on any atom is 0.274 e. The van der Waals surface area contributed by atoms with Crippen LogP contribution < -0.4 is 10.6 Å². The van der Waals surface area contributed by atoms with Crippen LogP contribution in [0.1, 0.15) is 27.4 Å². The number of benzene rings is 2. The van der Waals surface area contributed by atoms with Crippen LogP contribution in [-0.4, -0.2) is 15.9 Å². The number of nitriles is 1. The molecule has 0 spiro atoms. The van der Waals surface area contributed by atoms with Gasteiger partial charge in [0.25, 0.3) is 5.91 Å². The summed E-state index contributed by atoms with van der Waals surface area (Å²) in [5.74, 6) is 0.648. The predicted octanol–water partition coefficient (Wildman–Crippen LogP) is 3.96. The van der Waals surface area contributed by atoms with Gasteiger partial charge in [-0.1, -0.05) is 23.8 Å². The minimum Gasteiger partial charge on any atom is -0.340 e. The Kier molecular flexibility index (Phi) is 4.90. The van der Waals surface area contributed by atoms with Crippen LogP contribution in [0.25, 0.3) is 0 Å². The average Bonchev–Trinajstić information content (AvgIpc) is 2.63. The molecule has 6 heteroatoms. The smallest absolute Gasteiger partial charge is 0.274 e. The van der Waals surface area contributed by atoms with Crippen molar-refractivity contribution in [3.63, 3.8) is 0 Å². The van der Waals surface area contributed by atoms with Crippen LogP contribution in [0.15, 0.2) is 54.6 Å². The van der Waals surface area contributed by atoms with Crippen molar-refractivity contribution in [3.8, 4) is 6.07 Å². The van der Waals surface area contributed by atoms with E-state index in [1.54, 1.807) is 31.2 Å². The summed E-state index contributed by atoms with van der Waals surface area (Å²) in [4.78, 5) is 21.0. The maximum absolute atomic E-state index is 12.5. The summed E-state index contributed by atoms with van der Waals surface area (Å²) < 4.78 is 0. The van der Waals surface area contributed by atoms with E-state index in [4.69, 9.17) is 5.26 Å². The van der Waals surface area contributed by atoms with E-state index in [1.165, 1.54) is 0 Å². The highest BCUT2D eigenvalue weighted by molar-refractivity contribution is 6.03. The summed E-state index contributed by atoms with van der Waals surface area (Å²) in [5.41, 5.74) is 3.34. The zero-order valence-corrected chi connectivity index (χ0v) is 14.4. The van der Waals surface area contributed by atoms with Gasteiger partial charge < -0.3 is 10.6 Å². The Morgan fingerprint density at radius 3 is 2.50 bits per heavy atom. The maximum atomic E-state index is 12.5. The first-order chi connectivity index (χ1) is 12.5. The van der Waals surface area contributed by atoms with Crippen molar-refractivity contribution in [2.75, 3.05) is 10.6 Å². The molecule has 2 aromatic carbocycles. The third-order valence-corrected chi connectivity index (χ3v) is 3.64. The summed E-state index contributed by atoms with van der Waals surface area (Å²) in [7, 11) is 0. The largest absolute Gasteiger partial charge is 0.340 e. The Balaban J connectivity index is 1.81. The molecule has 0 aliphatic carbocycles. The van der Waals surface area contributed by atoms with E-state index < -0.39 is 0 Å². The first-order valence-electron chi connectivity index (χ1n) is 8.04. The van der Waals surface area contributed by atoms with Crippen molar-refractivity contribution < 1.29 is 4.79 Å². The lowest BCUT2D eigenvalue weighted by Gasteiger charge is -2.09. The number of nitrogens with one attached hydrogen (secondary N) is 2. The normalized spacial score (nSPS) is 10.0. The van der Waals surface area contributed by atoms with Gasteiger partial charge in [0, 0.05) is 17.4 Å². The van der Waals surface area contributed by atoms with Crippen LogP contribution in [0.5, 0.6) is 0 Å². The highest BCUT2D eigenvalue weighted by atomic mass is 16.1. The lowest BCUT2D eigenvalue weighted by atomic mass is 10.2. The molecule has 1 heterocycles. The van der Waals surface area contributed by atoms with Crippen LogP contribution in [0, 0.1) is 25.2 Å². The zero-order valence-electron chi connectivity index (χ0n) is 14.4. The monoisotopic (exact) mass is 343 g/mol. The lowest BCUT2D eigenvalue weighted by Crippen LogP contribution is -2.15. The summed E-state index contributed by atoms with van der Waals surface area (Å²) in [5, 5.41) is 14.9. The van der Waals surface area contributed by atoms with Gasteiger partial charge >= 0.3 is 0 Å². The molecule has 128 valence electrons. The number of carbonyl (C=O) groups excluding carboxylic acids is 1. The molecule has 0 saturated carbocycles. The van der Waals surface area contributed by atoms with E-state index in [0.29, 0.717) is 28.6 Å². The van der Waals surface area contributed by atoms with Gasteiger partial charge in [0.05, 0.1) is 11.6 Å². The lowest BCUT2D eigenvalue weighted by molar-refractivity contribution is 0.102. The molecule has 1 amide bonds. The van der Waals surface area contributed by atoms with E-state index in [-0.39, 0.29) is 11.6 Å². The standard InChI is InChI=1S/C20H17N5O/c1-13-6-8-16(9-7-13)25-20(26)18-11-19(23-14(2)22-18)24-17-5-3-4-15(10-17)12-21/h3-11H,1-2H3,(H,25,26)(H,22,23,24). The Morgan fingerprint density at radius 1 is 1.00 bits per heavy atom. The minimum atomic E-state index is -0.312. The van der Waals surface area contributed by atoms with Crippen LogP contribution in [0.3, 0.4) is 0 Å². The Hall–Kier alpha value is -3.72. The summed E-state index contributed by atoms with van der Waals surface area (Å²) in [6.07, 6.45) is 0. The molecule has 1 aromatic heterocycles. The molecule has 0 unspecified atom stereocenters. The molecule has 2 N–H and O–H groups in total. The molecule has 3 rings (SSSR count). The first kappa shape index (κ1) is 17.1. The van der Waals surface area contributed by atoms with Gasteiger partial charge in [0.15, 0.2) is 0 Å². The number of hydrogen-bond donors (Lipinski definition) is 2. The van der Waals surface area contributed by atoms with Gasteiger partial charge in [-0.3, -0.25) is 4.79 Å². The Labute approximate surface area is 151 Å². The van der Waals surface area contributed by atoms with Gasteiger partial charge in [0.2, 0.25) is 0 Å². The van der Waals surface area contributed by atoms with Crippen molar-refractivity contribution in [1.29, 1.82) is 5.26 Å². The summed E-state index contributed by atoms with van der Waals surface area (Å²) in [6, 6.07) is 18.2. The first-order valence-corrected chi connectivity index (χ1v) is 8.04. The fourth-order valence-electron chi connectivity index (χ4n) is 2.39. The van der Waals surface area contributed by atoms with E-state index in [9.17, 15) is 4.79 Å². The Morgan fingerprint density at radius 2 is 1.77 bits per heavy atom. The molecule has 0 atom stereocenters. The van der Waals surface area contributed by atoms with Crippen LogP contribution in [0.4, 0.5) is 17.2 Å². The molecule has 0 fully saturated rings. The fraction of sp³-hybridized carbons (Fsp3) is 0.100. The van der Waals surface area contributed by atoms with E-state index in [1.807, 2.05) is 37.3 Å². The van der Waals surface area contributed by atoms with Crippen LogP contribution in [-0.2, 0) is 0 Å². The molecule has 0 aliphatic heterocycles. The number of nitrogens with zero attached hydrogens (tertiary/aromatic N) is 3. The number of rotatable bonds is 4. The molecule has 0 aliphatic rings. The second kappa shape index (κ2) is 7.45. The van der Waals surface area contributed by atoms with E-state index in [2.05, 4.69) is 26.7 Å². The van der Waals surface area contributed by atoms with E-state index >= 15 is 0 Å². The van der Waals surface area contributed by atoms with Crippen molar-refractivity contribution in [2.24, 2.45) is 0 Å². The topological polar surface area (TPSA) is 90.7 Å². The number of carbonyl (C=O) groups is 1. The van der Waals surface area contributed by atoms with Gasteiger partial charge in [-0.05, 0) is 44.2 Å². The average molecular weight is 343 g/mol. The summed E-state index contributed by atoms with van der Waals surface area (Å²) in [6.45, 7) is 3.71. The third kappa shape index (κ3) is 4.22. The molecule has 3 aromatic rings. The molecule has 0 saturated heterocycles. The van der Waals surface area contributed by atoms with Gasteiger partial charge in [-0.2, -0.15) is 5.26 Å². The quantitative estimate of drug-likeness (QED) is 0.748. The molecular formula is C20H17N5O. The van der Waals surface area contributed by atoms with Crippen molar-refractivity contribution in [1.82, 2.24) is 9.97 Å². The van der Waals surface area contributed by atoms with Crippen LogP contribution >= 0.6 is 0 Å². The van der Waals surface area contributed by atoms with Crippen molar-refractivity contribution >= 4 is 23.1 Å². The van der Waals surface area contributed by atoms with E-state index in [0.717, 1.165) is 5.56 Å².